The van der Waals surface area contributed by atoms with E-state index in [0.29, 0.717) is 17.1 Å². The average molecular weight is 404 g/mol. The van der Waals surface area contributed by atoms with Crippen LogP contribution in [0.4, 0.5) is 4.79 Å². The molecule has 1 aliphatic carbocycles. The molecule has 2 aromatic rings. The standard InChI is InChI=1S/C18H20N4O5S/c1-11-4-2-3-5-18(11)15(25)22(16(26)20-18)9-14(24)27-10-12-8-13(23)21-6-7-28-17(21)19-12/h6-8,11H,2-5,9-10H2,1H3,(H,20,26)/t11-,18-/m0/s1. The van der Waals surface area contributed by atoms with Crippen LogP contribution in [0.25, 0.3) is 4.96 Å². The van der Waals surface area contributed by atoms with Gasteiger partial charge in [-0.05, 0) is 18.8 Å². The van der Waals surface area contributed by atoms with Crippen LogP contribution in [0.5, 0.6) is 0 Å². The number of amides is 3. The highest BCUT2D eigenvalue weighted by Crippen LogP contribution is 2.38. The molecule has 148 valence electrons. The van der Waals surface area contributed by atoms with E-state index in [2.05, 4.69) is 10.3 Å². The molecule has 9 nitrogen and oxygen atoms in total. The maximum absolute atomic E-state index is 12.9. The average Bonchev–Trinajstić information content (AvgIpc) is 3.22. The van der Waals surface area contributed by atoms with Crippen LogP contribution in [-0.2, 0) is 20.9 Å². The zero-order valence-corrected chi connectivity index (χ0v) is 16.2. The molecular formula is C18H20N4O5S. The van der Waals surface area contributed by atoms with E-state index in [1.54, 1.807) is 11.6 Å². The molecule has 1 aliphatic heterocycles. The second kappa shape index (κ2) is 7.01. The number of thiazole rings is 1. The van der Waals surface area contributed by atoms with Crippen molar-refractivity contribution >= 4 is 34.2 Å². The minimum absolute atomic E-state index is 0.0217. The molecular weight excluding hydrogens is 384 g/mol. The molecule has 1 spiro atoms. The number of imide groups is 1. The lowest BCUT2D eigenvalue weighted by molar-refractivity contribution is -0.149. The van der Waals surface area contributed by atoms with E-state index < -0.39 is 24.1 Å². The number of nitrogens with zero attached hydrogens (tertiary/aromatic N) is 3. The highest BCUT2D eigenvalue weighted by Gasteiger charge is 2.55. The van der Waals surface area contributed by atoms with Crippen molar-refractivity contribution in [1.82, 2.24) is 19.6 Å². The first-order valence-corrected chi connectivity index (χ1v) is 10.0. The molecule has 0 unspecified atom stereocenters. The summed E-state index contributed by atoms with van der Waals surface area (Å²) in [6, 6.07) is 0.728. The number of urea groups is 1. The Hall–Kier alpha value is -2.75. The van der Waals surface area contributed by atoms with Crippen molar-refractivity contribution in [2.24, 2.45) is 5.92 Å². The minimum atomic E-state index is -0.907. The number of carbonyl (C=O) groups excluding carboxylic acids is 3. The first-order valence-electron chi connectivity index (χ1n) is 9.16. The quantitative estimate of drug-likeness (QED) is 0.608. The Morgan fingerprint density at radius 1 is 1.39 bits per heavy atom. The van der Waals surface area contributed by atoms with Crippen molar-refractivity contribution in [3.63, 3.8) is 0 Å². The third kappa shape index (κ3) is 3.07. The maximum atomic E-state index is 12.9. The summed E-state index contributed by atoms with van der Waals surface area (Å²) in [6.45, 7) is 1.29. The highest BCUT2D eigenvalue weighted by atomic mass is 32.1. The monoisotopic (exact) mass is 404 g/mol. The molecule has 1 saturated heterocycles. The highest BCUT2D eigenvalue weighted by molar-refractivity contribution is 7.15. The maximum Gasteiger partial charge on any atom is 0.326 e. The summed E-state index contributed by atoms with van der Waals surface area (Å²) in [6.07, 6.45) is 4.94. The van der Waals surface area contributed by atoms with Crippen molar-refractivity contribution in [2.75, 3.05) is 6.54 Å². The molecule has 4 rings (SSSR count). The number of nitrogens with one attached hydrogen (secondary N) is 1. The van der Waals surface area contributed by atoms with Gasteiger partial charge in [0.05, 0.1) is 5.69 Å². The molecule has 28 heavy (non-hydrogen) atoms. The Labute approximate surface area is 164 Å². The van der Waals surface area contributed by atoms with Crippen molar-refractivity contribution in [3.05, 3.63) is 33.7 Å². The van der Waals surface area contributed by atoms with E-state index in [1.807, 2.05) is 6.92 Å². The van der Waals surface area contributed by atoms with Gasteiger partial charge in [0, 0.05) is 17.6 Å². The van der Waals surface area contributed by atoms with Crippen molar-refractivity contribution in [3.8, 4) is 0 Å². The number of carbonyl (C=O) groups is 3. The predicted molar refractivity (Wildman–Crippen MR) is 99.7 cm³/mol. The van der Waals surface area contributed by atoms with Gasteiger partial charge in [-0.3, -0.25) is 23.7 Å². The molecule has 2 aliphatic rings. The van der Waals surface area contributed by atoms with Gasteiger partial charge in [0.25, 0.3) is 11.5 Å². The van der Waals surface area contributed by atoms with Crippen molar-refractivity contribution in [2.45, 2.75) is 44.8 Å². The molecule has 1 saturated carbocycles. The largest absolute Gasteiger partial charge is 0.458 e. The molecule has 3 heterocycles. The molecule has 0 radical (unpaired) electrons. The third-order valence-electron chi connectivity index (χ3n) is 5.53. The van der Waals surface area contributed by atoms with Crippen LogP contribution in [-0.4, -0.2) is 44.3 Å². The van der Waals surface area contributed by atoms with E-state index in [4.69, 9.17) is 4.74 Å². The molecule has 10 heteroatoms. The zero-order valence-electron chi connectivity index (χ0n) is 15.3. The number of fused-ring (bicyclic) bond motifs is 1. The lowest BCUT2D eigenvalue weighted by atomic mass is 9.73. The second-order valence-corrected chi connectivity index (χ2v) is 8.11. The number of hydrogen-bond donors (Lipinski definition) is 1. The summed E-state index contributed by atoms with van der Waals surface area (Å²) in [4.78, 5) is 55.0. The number of esters is 1. The summed E-state index contributed by atoms with van der Waals surface area (Å²) in [7, 11) is 0. The van der Waals surface area contributed by atoms with Gasteiger partial charge >= 0.3 is 12.0 Å². The summed E-state index contributed by atoms with van der Waals surface area (Å²) in [5.41, 5.74) is -0.856. The smallest absolute Gasteiger partial charge is 0.326 e. The first-order chi connectivity index (χ1) is 13.4. The predicted octanol–water partition coefficient (Wildman–Crippen LogP) is 1.30. The molecule has 3 amide bonds. The first kappa shape index (κ1) is 18.6. The fraction of sp³-hybridized carbons (Fsp3) is 0.500. The summed E-state index contributed by atoms with van der Waals surface area (Å²) in [5, 5.41) is 4.53. The molecule has 1 N–H and O–H groups in total. The number of ether oxygens (including phenoxy) is 1. The Balaban J connectivity index is 1.41. The third-order valence-corrected chi connectivity index (χ3v) is 6.28. The zero-order chi connectivity index (χ0) is 19.9. The molecule has 2 aromatic heterocycles. The van der Waals surface area contributed by atoms with E-state index in [-0.39, 0.29) is 24.0 Å². The topological polar surface area (TPSA) is 110 Å². The Morgan fingerprint density at radius 3 is 3.00 bits per heavy atom. The molecule has 2 atom stereocenters. The fourth-order valence-electron chi connectivity index (χ4n) is 3.93. The van der Waals surface area contributed by atoms with E-state index in [1.165, 1.54) is 21.8 Å². The lowest BCUT2D eigenvalue weighted by Crippen LogP contribution is -2.54. The van der Waals surface area contributed by atoms with Crippen LogP contribution in [0.3, 0.4) is 0 Å². The van der Waals surface area contributed by atoms with Crippen LogP contribution in [0.1, 0.15) is 38.3 Å². The summed E-state index contributed by atoms with van der Waals surface area (Å²) >= 11 is 1.29. The van der Waals surface area contributed by atoms with Crippen LogP contribution >= 0.6 is 11.3 Å². The van der Waals surface area contributed by atoms with Crippen molar-refractivity contribution < 1.29 is 19.1 Å². The van der Waals surface area contributed by atoms with Gasteiger partial charge < -0.3 is 10.1 Å². The Kier molecular flexibility index (Phi) is 4.66. The lowest BCUT2D eigenvalue weighted by Gasteiger charge is -2.36. The number of aromatic nitrogens is 2. The van der Waals surface area contributed by atoms with Gasteiger partial charge in [-0.1, -0.05) is 19.8 Å². The molecule has 2 fully saturated rings. The van der Waals surface area contributed by atoms with Gasteiger partial charge in [-0.15, -0.1) is 11.3 Å². The number of rotatable bonds is 4. The van der Waals surface area contributed by atoms with Gasteiger partial charge in [-0.25, -0.2) is 9.78 Å². The second-order valence-electron chi connectivity index (χ2n) is 7.24. The fourth-order valence-corrected chi connectivity index (χ4v) is 4.67. The van der Waals surface area contributed by atoms with Gasteiger partial charge in [0.15, 0.2) is 4.96 Å². The van der Waals surface area contributed by atoms with Crippen LogP contribution in [0.2, 0.25) is 0 Å². The van der Waals surface area contributed by atoms with Crippen molar-refractivity contribution in [1.29, 1.82) is 0 Å². The van der Waals surface area contributed by atoms with Crippen LogP contribution in [0.15, 0.2) is 22.4 Å². The van der Waals surface area contributed by atoms with Gasteiger partial charge in [0.1, 0.15) is 18.7 Å². The Bertz CT molecular complexity index is 1010. The summed E-state index contributed by atoms with van der Waals surface area (Å²) < 4.78 is 6.55. The molecule has 0 bridgehead atoms. The SMILES string of the molecule is C[C@H]1CCCC[C@]12NC(=O)N(CC(=O)OCc1cc(=O)n3ccsc3n1)C2=O. The van der Waals surface area contributed by atoms with Crippen LogP contribution in [0, 0.1) is 5.92 Å². The minimum Gasteiger partial charge on any atom is -0.458 e. The van der Waals surface area contributed by atoms with E-state index in [9.17, 15) is 19.2 Å². The van der Waals surface area contributed by atoms with E-state index >= 15 is 0 Å². The number of hydrogen-bond acceptors (Lipinski definition) is 7. The molecule has 0 aromatic carbocycles. The Morgan fingerprint density at radius 2 is 2.21 bits per heavy atom. The summed E-state index contributed by atoms with van der Waals surface area (Å²) in [5.74, 6) is -1.07. The van der Waals surface area contributed by atoms with Gasteiger partial charge in [-0.2, -0.15) is 0 Å². The normalized spacial score (nSPS) is 24.8. The van der Waals surface area contributed by atoms with Gasteiger partial charge in [0.2, 0.25) is 0 Å². The van der Waals surface area contributed by atoms with E-state index in [0.717, 1.165) is 24.2 Å². The van der Waals surface area contributed by atoms with Crippen LogP contribution < -0.4 is 10.9 Å².